The maximum absolute atomic E-state index is 12.7. The fourth-order valence-electron chi connectivity index (χ4n) is 3.33. The van der Waals surface area contributed by atoms with Gasteiger partial charge < -0.3 is 19.9 Å². The number of hydrogen-bond donors (Lipinski definition) is 2. The molecular formula is C26H24F3NO5. The molecule has 0 bridgehead atoms. The summed E-state index contributed by atoms with van der Waals surface area (Å²) in [6.45, 7) is 0.348. The van der Waals surface area contributed by atoms with Crippen LogP contribution in [0.2, 0.25) is 0 Å². The lowest BCUT2D eigenvalue weighted by molar-refractivity contribution is -0.146. The van der Waals surface area contributed by atoms with Crippen LogP contribution in [0, 0.1) is 0 Å². The number of benzene rings is 3. The van der Waals surface area contributed by atoms with Crippen molar-refractivity contribution in [2.75, 3.05) is 7.11 Å². The van der Waals surface area contributed by atoms with Crippen LogP contribution in [0.1, 0.15) is 28.4 Å². The Morgan fingerprint density at radius 3 is 2.23 bits per heavy atom. The number of alkyl halides is 3. The number of aliphatic hydroxyl groups excluding tert-OH is 1. The molecule has 3 aromatic rings. The molecule has 2 atom stereocenters. The second kappa shape index (κ2) is 11.5. The molecule has 0 aromatic heterocycles. The summed E-state index contributed by atoms with van der Waals surface area (Å²) in [4.78, 5) is 24.8. The van der Waals surface area contributed by atoms with Gasteiger partial charge in [-0.3, -0.25) is 4.79 Å². The molecule has 3 rings (SSSR count). The number of nitrogens with one attached hydrogen (secondary N) is 1. The van der Waals surface area contributed by atoms with Crippen LogP contribution in [0.25, 0.3) is 0 Å². The lowest BCUT2D eigenvalue weighted by Crippen LogP contribution is -2.45. The number of amides is 1. The minimum Gasteiger partial charge on any atom is -0.489 e. The molecule has 0 spiro atoms. The molecule has 0 saturated heterocycles. The van der Waals surface area contributed by atoms with Crippen LogP contribution in [0.3, 0.4) is 0 Å². The molecule has 0 radical (unpaired) electrons. The van der Waals surface area contributed by atoms with Gasteiger partial charge in [0.15, 0.2) is 6.10 Å². The van der Waals surface area contributed by atoms with Gasteiger partial charge >= 0.3 is 12.1 Å². The summed E-state index contributed by atoms with van der Waals surface area (Å²) >= 11 is 0. The summed E-state index contributed by atoms with van der Waals surface area (Å²) in [5.41, 5.74) is 0.691. The molecule has 0 heterocycles. The van der Waals surface area contributed by atoms with Crippen LogP contribution in [0.4, 0.5) is 13.2 Å². The molecule has 0 aliphatic rings. The zero-order valence-electron chi connectivity index (χ0n) is 18.8. The first-order valence-electron chi connectivity index (χ1n) is 10.7. The van der Waals surface area contributed by atoms with Crippen molar-refractivity contribution in [1.82, 2.24) is 5.32 Å². The Balaban J connectivity index is 1.67. The van der Waals surface area contributed by atoms with E-state index in [1.165, 1.54) is 0 Å². The molecule has 2 N–H and O–H groups in total. The Bertz CT molecular complexity index is 1130. The monoisotopic (exact) mass is 487 g/mol. The van der Waals surface area contributed by atoms with Crippen molar-refractivity contribution in [3.05, 3.63) is 101 Å². The van der Waals surface area contributed by atoms with Gasteiger partial charge in [-0.25, -0.2) is 4.79 Å². The molecule has 0 saturated carbocycles. The van der Waals surface area contributed by atoms with E-state index < -0.39 is 35.8 Å². The van der Waals surface area contributed by atoms with Crippen LogP contribution < -0.4 is 10.1 Å². The number of carbonyl (C=O) groups is 2. The first-order chi connectivity index (χ1) is 16.7. The van der Waals surface area contributed by atoms with Gasteiger partial charge in [-0.05, 0) is 41.0 Å². The summed E-state index contributed by atoms with van der Waals surface area (Å²) in [6.07, 6.45) is -6.27. The number of methoxy groups -OCH3 is 1. The SMILES string of the molecule is COC(=O)[C@H](Cc1cccc(OCc2ccccc2)c1)NC(=O)[C@@H](O)c1ccc(C(F)(F)F)cc1. The van der Waals surface area contributed by atoms with E-state index in [1.807, 2.05) is 30.3 Å². The fourth-order valence-corrected chi connectivity index (χ4v) is 3.33. The molecule has 184 valence electrons. The molecule has 1 amide bonds. The Hall–Kier alpha value is -3.85. The number of aliphatic hydroxyl groups is 1. The van der Waals surface area contributed by atoms with Gasteiger partial charge in [0.1, 0.15) is 18.4 Å². The van der Waals surface area contributed by atoms with Crippen LogP contribution in [0.5, 0.6) is 5.75 Å². The van der Waals surface area contributed by atoms with Gasteiger partial charge in [-0.2, -0.15) is 13.2 Å². The van der Waals surface area contributed by atoms with Crippen molar-refractivity contribution in [1.29, 1.82) is 0 Å². The van der Waals surface area contributed by atoms with Crippen LogP contribution >= 0.6 is 0 Å². The average Bonchev–Trinajstić information content (AvgIpc) is 2.86. The fraction of sp³-hybridized carbons (Fsp3) is 0.231. The Morgan fingerprint density at radius 2 is 1.60 bits per heavy atom. The van der Waals surface area contributed by atoms with E-state index in [-0.39, 0.29) is 12.0 Å². The lowest BCUT2D eigenvalue weighted by Gasteiger charge is -2.19. The predicted octanol–water partition coefficient (Wildman–Crippen LogP) is 4.22. The topological polar surface area (TPSA) is 84.9 Å². The van der Waals surface area contributed by atoms with E-state index in [2.05, 4.69) is 5.32 Å². The molecule has 9 heteroatoms. The van der Waals surface area contributed by atoms with Gasteiger partial charge in [-0.1, -0.05) is 54.6 Å². The van der Waals surface area contributed by atoms with Crippen molar-refractivity contribution in [2.45, 2.75) is 31.3 Å². The number of rotatable bonds is 9. The van der Waals surface area contributed by atoms with E-state index in [0.717, 1.165) is 36.9 Å². The molecule has 0 aliphatic carbocycles. The molecule has 0 aliphatic heterocycles. The van der Waals surface area contributed by atoms with Gasteiger partial charge in [0.05, 0.1) is 12.7 Å². The number of hydrogen-bond acceptors (Lipinski definition) is 5. The normalized spacial score (nSPS) is 12.9. The van der Waals surface area contributed by atoms with Crippen LogP contribution in [0.15, 0.2) is 78.9 Å². The molecule has 0 fully saturated rings. The maximum atomic E-state index is 12.7. The first kappa shape index (κ1) is 25.8. The number of halogens is 3. The third-order valence-electron chi connectivity index (χ3n) is 5.19. The predicted molar refractivity (Wildman–Crippen MR) is 121 cm³/mol. The average molecular weight is 487 g/mol. The molecule has 3 aromatic carbocycles. The number of esters is 1. The maximum Gasteiger partial charge on any atom is 0.416 e. The standard InChI is InChI=1S/C26H24F3NO5/c1-34-25(33)22(30-24(32)23(31)19-10-12-20(13-11-19)26(27,28)29)15-18-8-5-9-21(14-18)35-16-17-6-3-2-4-7-17/h2-14,22-23,31H,15-16H2,1H3,(H,30,32)/t22-,23-/m0/s1. The highest BCUT2D eigenvalue weighted by molar-refractivity contribution is 5.87. The second-order valence-corrected chi connectivity index (χ2v) is 7.73. The highest BCUT2D eigenvalue weighted by Crippen LogP contribution is 2.30. The Labute approximate surface area is 200 Å². The van der Waals surface area contributed by atoms with Gasteiger partial charge in [0.25, 0.3) is 5.91 Å². The molecular weight excluding hydrogens is 463 g/mol. The molecule has 35 heavy (non-hydrogen) atoms. The van der Waals surface area contributed by atoms with E-state index in [1.54, 1.807) is 24.3 Å². The summed E-state index contributed by atoms with van der Waals surface area (Å²) in [5.74, 6) is -1.13. The highest BCUT2D eigenvalue weighted by atomic mass is 19.4. The highest BCUT2D eigenvalue weighted by Gasteiger charge is 2.31. The van der Waals surface area contributed by atoms with E-state index >= 15 is 0 Å². The zero-order valence-corrected chi connectivity index (χ0v) is 18.8. The zero-order chi connectivity index (χ0) is 25.4. The van der Waals surface area contributed by atoms with Crippen molar-refractivity contribution in [3.63, 3.8) is 0 Å². The van der Waals surface area contributed by atoms with E-state index in [9.17, 15) is 27.9 Å². The minimum atomic E-state index is -4.54. The quantitative estimate of drug-likeness (QED) is 0.442. The minimum absolute atomic E-state index is 0.0423. The van der Waals surface area contributed by atoms with Crippen molar-refractivity contribution >= 4 is 11.9 Å². The summed E-state index contributed by atoms with van der Waals surface area (Å²) in [5, 5.41) is 12.7. The van der Waals surface area contributed by atoms with Crippen LogP contribution in [-0.2, 0) is 33.5 Å². The largest absolute Gasteiger partial charge is 0.489 e. The molecule has 0 unspecified atom stereocenters. The van der Waals surface area contributed by atoms with Gasteiger partial charge in [0, 0.05) is 6.42 Å². The van der Waals surface area contributed by atoms with Gasteiger partial charge in [-0.15, -0.1) is 0 Å². The smallest absolute Gasteiger partial charge is 0.416 e. The third-order valence-corrected chi connectivity index (χ3v) is 5.19. The van der Waals surface area contributed by atoms with Crippen molar-refractivity contribution in [2.24, 2.45) is 0 Å². The van der Waals surface area contributed by atoms with E-state index in [4.69, 9.17) is 9.47 Å². The van der Waals surface area contributed by atoms with Crippen molar-refractivity contribution < 1.29 is 37.3 Å². The second-order valence-electron chi connectivity index (χ2n) is 7.73. The number of carbonyl (C=O) groups excluding carboxylic acids is 2. The third kappa shape index (κ3) is 7.31. The van der Waals surface area contributed by atoms with Crippen LogP contribution in [-0.4, -0.2) is 30.1 Å². The summed E-state index contributed by atoms with van der Waals surface area (Å²) in [7, 11) is 1.16. The van der Waals surface area contributed by atoms with E-state index in [0.29, 0.717) is 17.9 Å². The Kier molecular flexibility index (Phi) is 8.48. The molecule has 6 nitrogen and oxygen atoms in total. The summed E-state index contributed by atoms with van der Waals surface area (Å²) < 4.78 is 48.8. The first-order valence-corrected chi connectivity index (χ1v) is 10.7. The van der Waals surface area contributed by atoms with Gasteiger partial charge in [0.2, 0.25) is 0 Å². The summed E-state index contributed by atoms with van der Waals surface area (Å²) in [6, 6.07) is 18.9. The Morgan fingerprint density at radius 1 is 0.943 bits per heavy atom. The van der Waals surface area contributed by atoms with Crippen molar-refractivity contribution in [3.8, 4) is 5.75 Å². The number of ether oxygens (including phenoxy) is 2. The lowest BCUT2D eigenvalue weighted by atomic mass is 10.0.